The number of Topliss-reactive ketones (excluding diaryl/α,β-unsaturated/α-hetero) is 1. The average Bonchev–Trinajstić information content (AvgIpc) is 2.75. The summed E-state index contributed by atoms with van der Waals surface area (Å²) >= 11 is 0. The molecular weight excluding hydrogens is 216 g/mol. The highest BCUT2D eigenvalue weighted by Crippen LogP contribution is 2.22. The number of anilines is 1. The van der Waals surface area contributed by atoms with Gasteiger partial charge in [-0.3, -0.25) is 4.79 Å². The Hall–Kier alpha value is -1.39. The van der Waals surface area contributed by atoms with Gasteiger partial charge in [0.05, 0.1) is 12.6 Å². The van der Waals surface area contributed by atoms with Gasteiger partial charge in [0, 0.05) is 24.3 Å². The maximum atomic E-state index is 11.9. The number of aliphatic hydroxyl groups excluding tert-OH is 1. The van der Waals surface area contributed by atoms with Crippen LogP contribution in [0.3, 0.4) is 0 Å². The molecule has 92 valence electrons. The van der Waals surface area contributed by atoms with Crippen molar-refractivity contribution in [1.82, 2.24) is 5.32 Å². The molecule has 0 spiro atoms. The van der Waals surface area contributed by atoms with Crippen LogP contribution in [0, 0.1) is 0 Å². The van der Waals surface area contributed by atoms with Crippen molar-refractivity contribution in [1.29, 1.82) is 0 Å². The van der Waals surface area contributed by atoms with Gasteiger partial charge >= 0.3 is 0 Å². The predicted molar refractivity (Wildman–Crippen MR) is 67.5 cm³/mol. The second-order valence-electron chi connectivity index (χ2n) is 4.45. The largest absolute Gasteiger partial charge is 0.392 e. The molecule has 0 fully saturated rings. The van der Waals surface area contributed by atoms with E-state index in [0.29, 0.717) is 6.54 Å². The molecule has 3 N–H and O–H groups in total. The van der Waals surface area contributed by atoms with Gasteiger partial charge in [-0.2, -0.15) is 0 Å². The molecule has 0 aliphatic carbocycles. The summed E-state index contributed by atoms with van der Waals surface area (Å²) in [6.45, 7) is 3.36. The summed E-state index contributed by atoms with van der Waals surface area (Å²) in [5.41, 5.74) is 3.09. The van der Waals surface area contributed by atoms with Gasteiger partial charge in [0.2, 0.25) is 0 Å². The first kappa shape index (κ1) is 12.1. The molecule has 0 amide bonds. The van der Waals surface area contributed by atoms with Crippen LogP contribution in [0.25, 0.3) is 0 Å². The van der Waals surface area contributed by atoms with Crippen LogP contribution in [0.15, 0.2) is 18.2 Å². The number of hydrogen-bond donors (Lipinski definition) is 3. The molecule has 4 heteroatoms. The number of rotatable bonds is 5. The predicted octanol–water partition coefficient (Wildman–Crippen LogP) is 0.808. The van der Waals surface area contributed by atoms with E-state index in [1.54, 1.807) is 6.92 Å². The molecule has 1 aromatic rings. The van der Waals surface area contributed by atoms with Crippen molar-refractivity contribution in [3.63, 3.8) is 0 Å². The molecule has 0 saturated heterocycles. The summed E-state index contributed by atoms with van der Waals surface area (Å²) in [6, 6.07) is 5.77. The molecule has 1 aromatic carbocycles. The highest BCUT2D eigenvalue weighted by molar-refractivity contribution is 5.98. The SMILES string of the molecule is CC(O)CNCC(=O)c1ccc2c(c1)CCN2. The highest BCUT2D eigenvalue weighted by Gasteiger charge is 2.13. The van der Waals surface area contributed by atoms with Crippen LogP contribution in [-0.4, -0.2) is 36.6 Å². The van der Waals surface area contributed by atoms with Crippen molar-refractivity contribution < 1.29 is 9.90 Å². The minimum atomic E-state index is -0.424. The highest BCUT2D eigenvalue weighted by atomic mass is 16.3. The zero-order valence-electron chi connectivity index (χ0n) is 9.99. The molecule has 0 radical (unpaired) electrons. The summed E-state index contributed by atoms with van der Waals surface area (Å²) in [4.78, 5) is 11.9. The van der Waals surface area contributed by atoms with Gasteiger partial charge < -0.3 is 15.7 Å². The van der Waals surface area contributed by atoms with E-state index in [1.165, 1.54) is 5.56 Å². The Morgan fingerprint density at radius 2 is 2.41 bits per heavy atom. The van der Waals surface area contributed by atoms with Crippen LogP contribution in [0.5, 0.6) is 0 Å². The third kappa shape index (κ3) is 3.05. The van der Waals surface area contributed by atoms with Crippen LogP contribution in [0.2, 0.25) is 0 Å². The van der Waals surface area contributed by atoms with E-state index in [-0.39, 0.29) is 12.3 Å². The number of aliphatic hydroxyl groups is 1. The van der Waals surface area contributed by atoms with Crippen molar-refractivity contribution in [3.8, 4) is 0 Å². The monoisotopic (exact) mass is 234 g/mol. The van der Waals surface area contributed by atoms with Crippen molar-refractivity contribution in [2.75, 3.05) is 25.0 Å². The van der Waals surface area contributed by atoms with Crippen LogP contribution >= 0.6 is 0 Å². The summed E-state index contributed by atoms with van der Waals surface area (Å²) in [5, 5.41) is 15.3. The lowest BCUT2D eigenvalue weighted by Gasteiger charge is -2.07. The fraction of sp³-hybridized carbons (Fsp3) is 0.462. The molecule has 0 bridgehead atoms. The van der Waals surface area contributed by atoms with E-state index in [9.17, 15) is 4.79 Å². The lowest BCUT2D eigenvalue weighted by Crippen LogP contribution is -2.29. The summed E-state index contributed by atoms with van der Waals surface area (Å²) in [6.07, 6.45) is 0.560. The molecule has 1 heterocycles. The van der Waals surface area contributed by atoms with E-state index in [4.69, 9.17) is 5.11 Å². The van der Waals surface area contributed by atoms with E-state index >= 15 is 0 Å². The first-order valence-electron chi connectivity index (χ1n) is 5.95. The van der Waals surface area contributed by atoms with Gasteiger partial charge in [0.1, 0.15) is 0 Å². The molecule has 0 saturated carbocycles. The van der Waals surface area contributed by atoms with Crippen molar-refractivity contribution in [2.45, 2.75) is 19.4 Å². The zero-order chi connectivity index (χ0) is 12.3. The molecule has 1 aliphatic rings. The first-order chi connectivity index (χ1) is 8.16. The second kappa shape index (κ2) is 5.29. The topological polar surface area (TPSA) is 61.4 Å². The number of nitrogens with one attached hydrogen (secondary N) is 2. The van der Waals surface area contributed by atoms with Gasteiger partial charge in [-0.25, -0.2) is 0 Å². The third-order valence-electron chi connectivity index (χ3n) is 2.86. The first-order valence-corrected chi connectivity index (χ1v) is 5.95. The van der Waals surface area contributed by atoms with E-state index < -0.39 is 6.10 Å². The van der Waals surface area contributed by atoms with Gasteiger partial charge in [0.25, 0.3) is 0 Å². The Kier molecular flexibility index (Phi) is 3.76. The molecule has 1 unspecified atom stereocenters. The normalized spacial score (nSPS) is 15.2. The Morgan fingerprint density at radius 1 is 1.59 bits per heavy atom. The fourth-order valence-electron chi connectivity index (χ4n) is 1.97. The number of ketones is 1. The lowest BCUT2D eigenvalue weighted by molar-refractivity contribution is 0.0985. The average molecular weight is 234 g/mol. The maximum Gasteiger partial charge on any atom is 0.176 e. The third-order valence-corrected chi connectivity index (χ3v) is 2.86. The Balaban J connectivity index is 1.95. The minimum Gasteiger partial charge on any atom is -0.392 e. The Labute approximate surface area is 101 Å². The number of carbonyl (C=O) groups excluding carboxylic acids is 1. The van der Waals surface area contributed by atoms with Crippen LogP contribution in [0.4, 0.5) is 5.69 Å². The molecule has 1 aliphatic heterocycles. The smallest absolute Gasteiger partial charge is 0.176 e. The second-order valence-corrected chi connectivity index (χ2v) is 4.45. The maximum absolute atomic E-state index is 11.9. The zero-order valence-corrected chi connectivity index (χ0v) is 9.99. The summed E-state index contributed by atoms with van der Waals surface area (Å²) in [7, 11) is 0. The minimum absolute atomic E-state index is 0.0698. The number of fused-ring (bicyclic) bond motifs is 1. The standard InChI is InChI=1S/C13H18N2O2/c1-9(16)7-14-8-13(17)11-2-3-12-10(6-11)4-5-15-12/h2-3,6,9,14-16H,4-5,7-8H2,1H3. The molecule has 17 heavy (non-hydrogen) atoms. The Morgan fingerprint density at radius 3 is 3.18 bits per heavy atom. The quantitative estimate of drug-likeness (QED) is 0.660. The molecule has 0 aromatic heterocycles. The van der Waals surface area contributed by atoms with Crippen molar-refractivity contribution in [3.05, 3.63) is 29.3 Å². The van der Waals surface area contributed by atoms with E-state index in [1.807, 2.05) is 18.2 Å². The van der Waals surface area contributed by atoms with Crippen LogP contribution < -0.4 is 10.6 Å². The fourth-order valence-corrected chi connectivity index (χ4v) is 1.97. The number of benzene rings is 1. The lowest BCUT2D eigenvalue weighted by atomic mass is 10.1. The van der Waals surface area contributed by atoms with Gasteiger partial charge in [-0.1, -0.05) is 0 Å². The molecule has 2 rings (SSSR count). The van der Waals surface area contributed by atoms with Gasteiger partial charge in [-0.05, 0) is 37.1 Å². The summed E-state index contributed by atoms with van der Waals surface area (Å²) in [5.74, 6) is 0.0698. The molecule has 4 nitrogen and oxygen atoms in total. The van der Waals surface area contributed by atoms with Crippen molar-refractivity contribution >= 4 is 11.5 Å². The number of carbonyl (C=O) groups is 1. The number of hydrogen-bond acceptors (Lipinski definition) is 4. The molecule has 1 atom stereocenters. The molecular formula is C13H18N2O2. The Bertz CT molecular complexity index is 416. The van der Waals surface area contributed by atoms with Crippen LogP contribution in [-0.2, 0) is 6.42 Å². The summed E-state index contributed by atoms with van der Waals surface area (Å²) < 4.78 is 0. The van der Waals surface area contributed by atoms with Crippen LogP contribution in [0.1, 0.15) is 22.8 Å². The van der Waals surface area contributed by atoms with E-state index in [0.717, 1.165) is 24.2 Å². The van der Waals surface area contributed by atoms with Gasteiger partial charge in [0.15, 0.2) is 5.78 Å². The van der Waals surface area contributed by atoms with Gasteiger partial charge in [-0.15, -0.1) is 0 Å². The van der Waals surface area contributed by atoms with E-state index in [2.05, 4.69) is 10.6 Å². The van der Waals surface area contributed by atoms with Crippen molar-refractivity contribution in [2.24, 2.45) is 0 Å².